The van der Waals surface area contributed by atoms with E-state index in [2.05, 4.69) is 36.2 Å². The molecule has 0 aliphatic carbocycles. The van der Waals surface area contributed by atoms with Gasteiger partial charge in [-0.25, -0.2) is 0 Å². The van der Waals surface area contributed by atoms with Crippen molar-refractivity contribution in [3.8, 4) is 0 Å². The van der Waals surface area contributed by atoms with Crippen LogP contribution in [0.5, 0.6) is 0 Å². The first kappa shape index (κ1) is 13.5. The van der Waals surface area contributed by atoms with Crippen LogP contribution in [0.2, 0.25) is 0 Å². The molecule has 0 aromatic carbocycles. The monoisotopic (exact) mass is 245 g/mol. The lowest BCUT2D eigenvalue weighted by molar-refractivity contribution is 0.315. The van der Waals surface area contributed by atoms with Crippen molar-refractivity contribution in [3.63, 3.8) is 0 Å². The van der Waals surface area contributed by atoms with Gasteiger partial charge < -0.3 is 9.84 Å². The maximum absolute atomic E-state index is 5.34. The SMILES string of the molecule is CC(C)(C)c1noc(C2CCNCC2)n1.Cl. The predicted molar refractivity (Wildman–Crippen MR) is 65.1 cm³/mol. The highest BCUT2D eigenvalue weighted by Crippen LogP contribution is 2.26. The van der Waals surface area contributed by atoms with Gasteiger partial charge in [0.1, 0.15) is 0 Å². The highest BCUT2D eigenvalue weighted by molar-refractivity contribution is 5.85. The average Bonchev–Trinajstić information content (AvgIpc) is 2.67. The Labute approximate surface area is 103 Å². The largest absolute Gasteiger partial charge is 0.339 e. The van der Waals surface area contributed by atoms with Crippen LogP contribution >= 0.6 is 12.4 Å². The molecular formula is C11H20ClN3O. The van der Waals surface area contributed by atoms with Gasteiger partial charge in [0.05, 0.1) is 0 Å². The maximum atomic E-state index is 5.34. The molecule has 1 saturated heterocycles. The molecule has 1 aliphatic heterocycles. The summed E-state index contributed by atoms with van der Waals surface area (Å²) in [5.74, 6) is 2.09. The Hall–Kier alpha value is -0.610. The Balaban J connectivity index is 0.00000128. The summed E-state index contributed by atoms with van der Waals surface area (Å²) in [5.41, 5.74) is -0.0192. The Kier molecular flexibility index (Phi) is 4.33. The number of nitrogens with zero attached hydrogens (tertiary/aromatic N) is 2. The van der Waals surface area contributed by atoms with Gasteiger partial charge in [-0.05, 0) is 25.9 Å². The third-order valence-electron chi connectivity index (χ3n) is 2.80. The van der Waals surface area contributed by atoms with Gasteiger partial charge in [-0.1, -0.05) is 25.9 Å². The van der Waals surface area contributed by atoms with Gasteiger partial charge in [0, 0.05) is 11.3 Å². The van der Waals surface area contributed by atoms with Crippen molar-refractivity contribution >= 4 is 12.4 Å². The lowest BCUT2D eigenvalue weighted by atomic mass is 9.95. The molecule has 5 heteroatoms. The summed E-state index contributed by atoms with van der Waals surface area (Å²) < 4.78 is 5.34. The molecule has 0 saturated carbocycles. The molecular weight excluding hydrogens is 226 g/mol. The Morgan fingerprint density at radius 1 is 1.25 bits per heavy atom. The number of piperidine rings is 1. The van der Waals surface area contributed by atoms with Crippen LogP contribution in [0.3, 0.4) is 0 Å². The summed E-state index contributed by atoms with van der Waals surface area (Å²) in [7, 11) is 0. The molecule has 92 valence electrons. The fourth-order valence-electron chi connectivity index (χ4n) is 1.77. The van der Waals surface area contributed by atoms with Gasteiger partial charge in [-0.3, -0.25) is 0 Å². The van der Waals surface area contributed by atoms with E-state index in [1.807, 2.05) is 0 Å². The maximum Gasteiger partial charge on any atom is 0.229 e. The summed E-state index contributed by atoms with van der Waals surface area (Å²) >= 11 is 0. The van der Waals surface area contributed by atoms with Gasteiger partial charge in [0.25, 0.3) is 0 Å². The van der Waals surface area contributed by atoms with Crippen molar-refractivity contribution in [2.75, 3.05) is 13.1 Å². The molecule has 0 spiro atoms. The molecule has 0 bridgehead atoms. The van der Waals surface area contributed by atoms with Crippen molar-refractivity contribution < 1.29 is 4.52 Å². The smallest absolute Gasteiger partial charge is 0.229 e. The van der Waals surface area contributed by atoms with E-state index in [4.69, 9.17) is 4.52 Å². The van der Waals surface area contributed by atoms with Crippen LogP contribution in [0.1, 0.15) is 51.2 Å². The molecule has 0 amide bonds. The third kappa shape index (κ3) is 2.95. The number of hydrogen-bond donors (Lipinski definition) is 1. The van der Waals surface area contributed by atoms with Crippen molar-refractivity contribution in [2.45, 2.75) is 44.9 Å². The molecule has 0 atom stereocenters. The average molecular weight is 246 g/mol. The summed E-state index contributed by atoms with van der Waals surface area (Å²) in [6.07, 6.45) is 2.21. The number of nitrogens with one attached hydrogen (secondary N) is 1. The molecule has 4 nitrogen and oxygen atoms in total. The van der Waals surface area contributed by atoms with Crippen molar-refractivity contribution in [1.29, 1.82) is 0 Å². The first-order valence-corrected chi connectivity index (χ1v) is 5.62. The molecule has 1 aliphatic rings. The van der Waals surface area contributed by atoms with E-state index in [1.54, 1.807) is 0 Å². The number of halogens is 1. The lowest BCUT2D eigenvalue weighted by Gasteiger charge is -2.18. The summed E-state index contributed by atoms with van der Waals surface area (Å²) in [6, 6.07) is 0. The first-order chi connectivity index (χ1) is 7.07. The first-order valence-electron chi connectivity index (χ1n) is 5.62. The van der Waals surface area contributed by atoms with E-state index in [9.17, 15) is 0 Å². The third-order valence-corrected chi connectivity index (χ3v) is 2.80. The van der Waals surface area contributed by atoms with Gasteiger partial charge in [-0.15, -0.1) is 12.4 Å². The minimum Gasteiger partial charge on any atom is -0.339 e. The quantitative estimate of drug-likeness (QED) is 0.825. The van der Waals surface area contributed by atoms with Gasteiger partial charge in [0.2, 0.25) is 5.89 Å². The number of hydrogen-bond acceptors (Lipinski definition) is 4. The molecule has 0 radical (unpaired) electrons. The van der Waals surface area contributed by atoms with Crippen molar-refractivity contribution in [2.24, 2.45) is 0 Å². The highest BCUT2D eigenvalue weighted by atomic mass is 35.5. The highest BCUT2D eigenvalue weighted by Gasteiger charge is 2.25. The molecule has 1 N–H and O–H groups in total. The minimum atomic E-state index is -0.0192. The van der Waals surface area contributed by atoms with E-state index in [0.29, 0.717) is 5.92 Å². The van der Waals surface area contributed by atoms with Crippen LogP contribution in [0.4, 0.5) is 0 Å². The van der Waals surface area contributed by atoms with E-state index in [0.717, 1.165) is 37.6 Å². The van der Waals surface area contributed by atoms with Gasteiger partial charge in [-0.2, -0.15) is 4.98 Å². The van der Waals surface area contributed by atoms with E-state index >= 15 is 0 Å². The fourth-order valence-corrected chi connectivity index (χ4v) is 1.77. The van der Waals surface area contributed by atoms with Gasteiger partial charge in [0.15, 0.2) is 5.82 Å². The lowest BCUT2D eigenvalue weighted by Crippen LogP contribution is -2.26. The summed E-state index contributed by atoms with van der Waals surface area (Å²) in [5, 5.41) is 7.39. The number of rotatable bonds is 1. The molecule has 1 aromatic rings. The normalized spacial score (nSPS) is 18.2. The van der Waals surface area contributed by atoms with Crippen LogP contribution in [0.15, 0.2) is 4.52 Å². The van der Waals surface area contributed by atoms with E-state index in [1.165, 1.54) is 0 Å². The Bertz CT molecular complexity index is 326. The Morgan fingerprint density at radius 2 is 1.88 bits per heavy atom. The zero-order valence-electron chi connectivity index (χ0n) is 10.1. The molecule has 2 heterocycles. The Morgan fingerprint density at radius 3 is 2.38 bits per heavy atom. The second-order valence-corrected chi connectivity index (χ2v) is 5.23. The van der Waals surface area contributed by atoms with Crippen molar-refractivity contribution in [3.05, 3.63) is 11.7 Å². The van der Waals surface area contributed by atoms with Crippen LogP contribution in [0, 0.1) is 0 Å². The fraction of sp³-hybridized carbons (Fsp3) is 0.818. The van der Waals surface area contributed by atoms with Crippen LogP contribution < -0.4 is 5.32 Å². The van der Waals surface area contributed by atoms with Crippen LogP contribution in [-0.2, 0) is 5.41 Å². The molecule has 1 aromatic heterocycles. The summed E-state index contributed by atoms with van der Waals surface area (Å²) in [4.78, 5) is 4.50. The zero-order valence-corrected chi connectivity index (χ0v) is 10.9. The van der Waals surface area contributed by atoms with E-state index in [-0.39, 0.29) is 17.8 Å². The standard InChI is InChI=1S/C11H19N3O.ClH/c1-11(2,3)10-13-9(15-14-10)8-4-6-12-7-5-8;/h8,12H,4-7H2,1-3H3;1H. The second kappa shape index (κ2) is 5.15. The molecule has 0 unspecified atom stereocenters. The minimum absolute atomic E-state index is 0. The zero-order chi connectivity index (χ0) is 10.9. The van der Waals surface area contributed by atoms with Crippen LogP contribution in [0.25, 0.3) is 0 Å². The molecule has 2 rings (SSSR count). The number of aromatic nitrogens is 2. The van der Waals surface area contributed by atoms with Crippen molar-refractivity contribution in [1.82, 2.24) is 15.5 Å². The topological polar surface area (TPSA) is 51.0 Å². The predicted octanol–water partition coefficient (Wildman–Crippen LogP) is 2.26. The summed E-state index contributed by atoms with van der Waals surface area (Å²) in [6.45, 7) is 8.41. The van der Waals surface area contributed by atoms with E-state index < -0.39 is 0 Å². The second-order valence-electron chi connectivity index (χ2n) is 5.23. The molecule has 1 fully saturated rings. The molecule has 16 heavy (non-hydrogen) atoms. The van der Waals surface area contributed by atoms with Crippen LogP contribution in [-0.4, -0.2) is 23.2 Å². The van der Waals surface area contributed by atoms with Gasteiger partial charge >= 0.3 is 0 Å².